The van der Waals surface area contributed by atoms with Crippen LogP contribution in [-0.4, -0.2) is 11.7 Å². The van der Waals surface area contributed by atoms with Crippen molar-refractivity contribution in [2.45, 2.75) is 25.8 Å². The molecule has 0 aliphatic carbocycles. The summed E-state index contributed by atoms with van der Waals surface area (Å²) in [7, 11) is 0. The normalized spacial score (nSPS) is 15.2. The van der Waals surface area contributed by atoms with E-state index in [1.54, 1.807) is 0 Å². The summed E-state index contributed by atoms with van der Waals surface area (Å²) in [5.74, 6) is 0. The van der Waals surface area contributed by atoms with Gasteiger partial charge in [0.25, 0.3) is 0 Å². The SMILES string of the molecule is Cc1ccc(Br)c(C(C)(N)CCO)c1. The molecule has 0 aliphatic rings. The summed E-state index contributed by atoms with van der Waals surface area (Å²) in [6.45, 7) is 4.07. The topological polar surface area (TPSA) is 46.2 Å². The van der Waals surface area contributed by atoms with Crippen LogP contribution in [0, 0.1) is 6.92 Å². The van der Waals surface area contributed by atoms with Crippen LogP contribution in [0.2, 0.25) is 0 Å². The number of hydrogen-bond donors (Lipinski definition) is 2. The zero-order valence-electron chi connectivity index (χ0n) is 8.55. The van der Waals surface area contributed by atoms with Crippen LogP contribution >= 0.6 is 15.9 Å². The lowest BCUT2D eigenvalue weighted by Gasteiger charge is -2.26. The quantitative estimate of drug-likeness (QED) is 0.873. The van der Waals surface area contributed by atoms with E-state index in [0.717, 1.165) is 10.0 Å². The van der Waals surface area contributed by atoms with Crippen LogP contribution < -0.4 is 5.73 Å². The van der Waals surface area contributed by atoms with Gasteiger partial charge in [0.05, 0.1) is 0 Å². The second-order valence-corrected chi connectivity index (χ2v) is 4.73. The Hall–Kier alpha value is -0.380. The molecule has 14 heavy (non-hydrogen) atoms. The number of rotatable bonds is 3. The van der Waals surface area contributed by atoms with Crippen molar-refractivity contribution in [3.05, 3.63) is 33.8 Å². The number of halogens is 1. The van der Waals surface area contributed by atoms with E-state index in [2.05, 4.69) is 22.0 Å². The van der Waals surface area contributed by atoms with Crippen molar-refractivity contribution >= 4 is 15.9 Å². The zero-order valence-corrected chi connectivity index (χ0v) is 10.1. The third-order valence-corrected chi connectivity index (χ3v) is 3.06. The maximum absolute atomic E-state index is 8.93. The minimum atomic E-state index is -0.473. The fourth-order valence-corrected chi connectivity index (χ4v) is 2.14. The molecule has 0 saturated heterocycles. The molecule has 0 radical (unpaired) electrons. The van der Waals surface area contributed by atoms with Gasteiger partial charge < -0.3 is 10.8 Å². The summed E-state index contributed by atoms with van der Waals surface area (Å²) in [5, 5.41) is 8.93. The molecule has 2 nitrogen and oxygen atoms in total. The van der Waals surface area contributed by atoms with Gasteiger partial charge in [-0.3, -0.25) is 0 Å². The Bertz CT molecular complexity index is 323. The Balaban J connectivity index is 3.10. The molecule has 1 unspecified atom stereocenters. The van der Waals surface area contributed by atoms with Crippen molar-refractivity contribution in [3.8, 4) is 0 Å². The Labute approximate surface area is 93.3 Å². The Kier molecular flexibility index (Phi) is 3.70. The maximum atomic E-state index is 8.93. The summed E-state index contributed by atoms with van der Waals surface area (Å²) >= 11 is 3.47. The standard InChI is InChI=1S/C11H16BrNO/c1-8-3-4-10(12)9(7-8)11(2,13)5-6-14/h3-4,7,14H,5-6,13H2,1-2H3. The van der Waals surface area contributed by atoms with E-state index in [9.17, 15) is 0 Å². The van der Waals surface area contributed by atoms with Crippen molar-refractivity contribution in [2.75, 3.05) is 6.61 Å². The van der Waals surface area contributed by atoms with Crippen LogP contribution in [0.5, 0.6) is 0 Å². The van der Waals surface area contributed by atoms with E-state index in [1.165, 1.54) is 5.56 Å². The molecule has 0 aliphatic heterocycles. The summed E-state index contributed by atoms with van der Waals surface area (Å²) in [4.78, 5) is 0. The summed E-state index contributed by atoms with van der Waals surface area (Å²) < 4.78 is 1.00. The maximum Gasteiger partial charge on any atom is 0.0451 e. The van der Waals surface area contributed by atoms with Gasteiger partial charge >= 0.3 is 0 Å². The molecule has 1 rings (SSSR count). The number of hydrogen-bond acceptors (Lipinski definition) is 2. The van der Waals surface area contributed by atoms with Crippen LogP contribution in [0.4, 0.5) is 0 Å². The van der Waals surface area contributed by atoms with Gasteiger partial charge in [-0.25, -0.2) is 0 Å². The first kappa shape index (κ1) is 11.7. The lowest BCUT2D eigenvalue weighted by Crippen LogP contribution is -2.34. The monoisotopic (exact) mass is 257 g/mol. The average molecular weight is 258 g/mol. The molecule has 0 aromatic heterocycles. The molecule has 0 amide bonds. The molecule has 78 valence electrons. The predicted octanol–water partition coefficient (Wildman–Crippen LogP) is 2.31. The molecule has 1 atom stereocenters. The number of aryl methyl sites for hydroxylation is 1. The van der Waals surface area contributed by atoms with Gasteiger partial charge in [0, 0.05) is 16.6 Å². The molecular weight excluding hydrogens is 242 g/mol. The van der Waals surface area contributed by atoms with Gasteiger partial charge in [0.2, 0.25) is 0 Å². The van der Waals surface area contributed by atoms with Gasteiger partial charge in [-0.1, -0.05) is 33.6 Å². The first-order valence-electron chi connectivity index (χ1n) is 4.64. The highest BCUT2D eigenvalue weighted by Gasteiger charge is 2.22. The van der Waals surface area contributed by atoms with Crippen LogP contribution in [-0.2, 0) is 5.54 Å². The Morgan fingerprint density at radius 1 is 1.50 bits per heavy atom. The van der Waals surface area contributed by atoms with Crippen LogP contribution in [0.3, 0.4) is 0 Å². The molecule has 1 aromatic rings. The van der Waals surface area contributed by atoms with E-state index in [4.69, 9.17) is 10.8 Å². The van der Waals surface area contributed by atoms with E-state index < -0.39 is 5.54 Å². The number of nitrogens with two attached hydrogens (primary N) is 1. The fraction of sp³-hybridized carbons (Fsp3) is 0.455. The fourth-order valence-electron chi connectivity index (χ4n) is 1.44. The second-order valence-electron chi connectivity index (χ2n) is 3.87. The van der Waals surface area contributed by atoms with Gasteiger partial charge in [0.15, 0.2) is 0 Å². The van der Waals surface area contributed by atoms with E-state index in [0.29, 0.717) is 6.42 Å². The summed E-state index contributed by atoms with van der Waals surface area (Å²) in [5.41, 5.74) is 7.88. The van der Waals surface area contributed by atoms with Crippen LogP contribution in [0.1, 0.15) is 24.5 Å². The molecule has 0 fully saturated rings. The minimum absolute atomic E-state index is 0.105. The lowest BCUT2D eigenvalue weighted by atomic mass is 9.89. The van der Waals surface area contributed by atoms with E-state index in [-0.39, 0.29) is 6.61 Å². The highest BCUT2D eigenvalue weighted by molar-refractivity contribution is 9.10. The first-order valence-corrected chi connectivity index (χ1v) is 5.43. The van der Waals surface area contributed by atoms with Crippen LogP contribution in [0.15, 0.2) is 22.7 Å². The molecule has 0 heterocycles. The Morgan fingerprint density at radius 2 is 2.14 bits per heavy atom. The van der Waals surface area contributed by atoms with Gasteiger partial charge in [-0.15, -0.1) is 0 Å². The Morgan fingerprint density at radius 3 is 2.71 bits per heavy atom. The number of benzene rings is 1. The molecule has 1 aromatic carbocycles. The van der Waals surface area contributed by atoms with Crippen molar-refractivity contribution in [3.63, 3.8) is 0 Å². The van der Waals surface area contributed by atoms with Gasteiger partial charge in [-0.05, 0) is 31.9 Å². The number of aliphatic hydroxyl groups is 1. The summed E-state index contributed by atoms with van der Waals surface area (Å²) in [6, 6.07) is 6.08. The smallest absolute Gasteiger partial charge is 0.0451 e. The van der Waals surface area contributed by atoms with Gasteiger partial charge in [0.1, 0.15) is 0 Å². The third kappa shape index (κ3) is 2.56. The van der Waals surface area contributed by atoms with Gasteiger partial charge in [-0.2, -0.15) is 0 Å². The van der Waals surface area contributed by atoms with Crippen LogP contribution in [0.25, 0.3) is 0 Å². The van der Waals surface area contributed by atoms with Crippen molar-refractivity contribution in [1.82, 2.24) is 0 Å². The lowest BCUT2D eigenvalue weighted by molar-refractivity contribution is 0.247. The zero-order chi connectivity index (χ0) is 10.8. The third-order valence-electron chi connectivity index (χ3n) is 2.37. The predicted molar refractivity (Wildman–Crippen MR) is 62.1 cm³/mol. The molecule has 0 spiro atoms. The molecule has 0 saturated carbocycles. The molecule has 3 N–H and O–H groups in total. The van der Waals surface area contributed by atoms with Crippen molar-refractivity contribution in [2.24, 2.45) is 5.73 Å². The number of aliphatic hydroxyl groups excluding tert-OH is 1. The van der Waals surface area contributed by atoms with Crippen molar-refractivity contribution in [1.29, 1.82) is 0 Å². The minimum Gasteiger partial charge on any atom is -0.396 e. The highest BCUT2D eigenvalue weighted by atomic mass is 79.9. The van der Waals surface area contributed by atoms with E-state index in [1.807, 2.05) is 26.0 Å². The average Bonchev–Trinajstić information content (AvgIpc) is 2.09. The van der Waals surface area contributed by atoms with E-state index >= 15 is 0 Å². The first-order chi connectivity index (χ1) is 6.47. The molecule has 3 heteroatoms. The second kappa shape index (κ2) is 4.43. The largest absolute Gasteiger partial charge is 0.396 e. The van der Waals surface area contributed by atoms with Crippen molar-refractivity contribution < 1.29 is 5.11 Å². The summed E-state index contributed by atoms with van der Waals surface area (Å²) in [6.07, 6.45) is 0.565. The molecule has 0 bridgehead atoms. The molecular formula is C11H16BrNO. The highest BCUT2D eigenvalue weighted by Crippen LogP contribution is 2.29.